The quantitative estimate of drug-likeness (QED) is 0.751. The van der Waals surface area contributed by atoms with E-state index in [2.05, 4.69) is 5.32 Å². The molecule has 21 heavy (non-hydrogen) atoms. The average Bonchev–Trinajstić information content (AvgIpc) is 2.76. The molecule has 0 radical (unpaired) electrons. The van der Waals surface area contributed by atoms with E-state index in [1.807, 2.05) is 18.2 Å². The molecule has 2 rings (SSSR count). The zero-order chi connectivity index (χ0) is 15.2. The molecule has 0 spiro atoms. The van der Waals surface area contributed by atoms with Gasteiger partial charge >= 0.3 is 5.97 Å². The molecule has 7 heteroatoms. The monoisotopic (exact) mass is 308 g/mol. The van der Waals surface area contributed by atoms with Gasteiger partial charge in [0.1, 0.15) is 11.0 Å². The van der Waals surface area contributed by atoms with Gasteiger partial charge in [0.15, 0.2) is 11.8 Å². The maximum Gasteiger partial charge on any atom is 0.344 e. The molecule has 0 aromatic carbocycles. The van der Waals surface area contributed by atoms with Crippen LogP contribution in [0.1, 0.15) is 13.3 Å². The molecule has 1 amide bonds. The SMILES string of the molecule is CCOC(=O)COC1=CCC(=CC2SC(=N)NC2=O)C=C1. The number of hydrogen-bond acceptors (Lipinski definition) is 6. The van der Waals surface area contributed by atoms with Crippen molar-refractivity contribution in [2.45, 2.75) is 18.6 Å². The number of carbonyl (C=O) groups excluding carboxylic acids is 2. The van der Waals surface area contributed by atoms with Gasteiger partial charge in [0, 0.05) is 0 Å². The van der Waals surface area contributed by atoms with Crippen LogP contribution in [0.3, 0.4) is 0 Å². The highest BCUT2D eigenvalue weighted by atomic mass is 32.2. The van der Waals surface area contributed by atoms with Gasteiger partial charge in [0.2, 0.25) is 5.91 Å². The Morgan fingerprint density at radius 3 is 2.95 bits per heavy atom. The van der Waals surface area contributed by atoms with Crippen molar-refractivity contribution in [3.8, 4) is 0 Å². The van der Waals surface area contributed by atoms with Crippen molar-refractivity contribution < 1.29 is 19.1 Å². The lowest BCUT2D eigenvalue weighted by Crippen LogP contribution is -2.23. The maximum atomic E-state index is 11.5. The highest BCUT2D eigenvalue weighted by Gasteiger charge is 2.27. The lowest BCUT2D eigenvalue weighted by molar-refractivity contribution is -0.146. The minimum atomic E-state index is -0.398. The molecule has 1 unspecified atom stereocenters. The van der Waals surface area contributed by atoms with Crippen LogP contribution in [0.2, 0.25) is 0 Å². The summed E-state index contributed by atoms with van der Waals surface area (Å²) >= 11 is 1.19. The topological polar surface area (TPSA) is 88.5 Å². The van der Waals surface area contributed by atoms with Crippen LogP contribution in [0.15, 0.2) is 35.6 Å². The summed E-state index contributed by atoms with van der Waals surface area (Å²) in [6.45, 7) is 1.97. The molecule has 1 fully saturated rings. The third-order valence-corrected chi connectivity index (χ3v) is 3.71. The Kier molecular flexibility index (Phi) is 5.21. The van der Waals surface area contributed by atoms with E-state index < -0.39 is 5.97 Å². The third kappa shape index (κ3) is 4.49. The molecule has 2 aliphatic rings. The summed E-state index contributed by atoms with van der Waals surface area (Å²) in [4.78, 5) is 22.7. The van der Waals surface area contributed by atoms with Gasteiger partial charge in [-0.25, -0.2) is 4.79 Å². The minimum absolute atomic E-state index is 0.110. The van der Waals surface area contributed by atoms with E-state index >= 15 is 0 Å². The van der Waals surface area contributed by atoms with Crippen LogP contribution in [0.5, 0.6) is 0 Å². The molecule has 6 nitrogen and oxygen atoms in total. The number of allylic oxidation sites excluding steroid dienone is 4. The Morgan fingerprint density at radius 2 is 2.38 bits per heavy atom. The van der Waals surface area contributed by atoms with E-state index in [0.29, 0.717) is 18.8 Å². The molecular weight excluding hydrogens is 292 g/mol. The number of rotatable bonds is 5. The van der Waals surface area contributed by atoms with Crippen LogP contribution < -0.4 is 5.32 Å². The molecule has 1 aliphatic heterocycles. The number of amidine groups is 1. The van der Waals surface area contributed by atoms with Gasteiger partial charge in [-0.05, 0) is 31.1 Å². The van der Waals surface area contributed by atoms with Crippen molar-refractivity contribution in [3.63, 3.8) is 0 Å². The molecule has 1 aliphatic carbocycles. The largest absolute Gasteiger partial charge is 0.482 e. The van der Waals surface area contributed by atoms with Gasteiger partial charge in [-0.15, -0.1) is 0 Å². The smallest absolute Gasteiger partial charge is 0.344 e. The van der Waals surface area contributed by atoms with E-state index in [1.165, 1.54) is 11.8 Å². The summed E-state index contributed by atoms with van der Waals surface area (Å²) in [6.07, 6.45) is 7.88. The van der Waals surface area contributed by atoms with Crippen molar-refractivity contribution in [2.24, 2.45) is 0 Å². The molecule has 2 N–H and O–H groups in total. The van der Waals surface area contributed by atoms with E-state index in [9.17, 15) is 9.59 Å². The summed E-state index contributed by atoms with van der Waals surface area (Å²) in [5.74, 6) is 0.0430. The first-order valence-electron chi connectivity index (χ1n) is 6.52. The highest BCUT2D eigenvalue weighted by molar-refractivity contribution is 8.15. The van der Waals surface area contributed by atoms with E-state index in [1.54, 1.807) is 13.0 Å². The Hall–Kier alpha value is -2.02. The van der Waals surface area contributed by atoms with Gasteiger partial charge in [0.25, 0.3) is 0 Å². The number of thioether (sulfide) groups is 1. The fourth-order valence-electron chi connectivity index (χ4n) is 1.82. The van der Waals surface area contributed by atoms with E-state index in [4.69, 9.17) is 14.9 Å². The highest BCUT2D eigenvalue weighted by Crippen LogP contribution is 2.24. The molecular formula is C14H16N2O4S. The van der Waals surface area contributed by atoms with Crippen LogP contribution in [-0.4, -0.2) is 35.5 Å². The van der Waals surface area contributed by atoms with Crippen LogP contribution in [0, 0.1) is 5.41 Å². The number of carbonyl (C=O) groups is 2. The second-order valence-electron chi connectivity index (χ2n) is 4.34. The molecule has 1 atom stereocenters. The van der Waals surface area contributed by atoms with Crippen molar-refractivity contribution in [1.29, 1.82) is 5.41 Å². The standard InChI is InChI=1S/C14H16N2O4S/c1-2-19-12(17)8-20-10-5-3-9(4-6-10)7-11-13(18)16-14(15)21-11/h3,5-7,11H,2,4,8H2,1H3,(H2,15,16,18). The molecule has 0 bridgehead atoms. The summed E-state index contributed by atoms with van der Waals surface area (Å²) in [5.41, 5.74) is 0.973. The van der Waals surface area contributed by atoms with Crippen LogP contribution in [0.4, 0.5) is 0 Å². The normalized spacial score (nSPS) is 23.0. The first-order chi connectivity index (χ1) is 10.1. The summed E-state index contributed by atoms with van der Waals surface area (Å²) < 4.78 is 10.1. The molecule has 0 aromatic rings. The molecule has 112 valence electrons. The zero-order valence-electron chi connectivity index (χ0n) is 11.5. The molecule has 1 saturated heterocycles. The molecule has 0 saturated carbocycles. The maximum absolute atomic E-state index is 11.5. The fraction of sp³-hybridized carbons (Fsp3) is 0.357. The van der Waals surface area contributed by atoms with E-state index in [0.717, 1.165) is 5.57 Å². The average molecular weight is 308 g/mol. The lowest BCUT2D eigenvalue weighted by Gasteiger charge is -2.11. The Labute approximate surface area is 126 Å². The first kappa shape index (κ1) is 15.4. The lowest BCUT2D eigenvalue weighted by atomic mass is 10.1. The summed E-state index contributed by atoms with van der Waals surface area (Å²) in [5, 5.41) is 9.68. The zero-order valence-corrected chi connectivity index (χ0v) is 12.4. The van der Waals surface area contributed by atoms with Crippen LogP contribution in [0.25, 0.3) is 0 Å². The summed E-state index contributed by atoms with van der Waals surface area (Å²) in [6, 6.07) is 0. The van der Waals surface area contributed by atoms with Crippen molar-refractivity contribution in [2.75, 3.05) is 13.2 Å². The van der Waals surface area contributed by atoms with Crippen molar-refractivity contribution in [3.05, 3.63) is 35.6 Å². The second kappa shape index (κ2) is 7.12. The predicted octanol–water partition coefficient (Wildman–Crippen LogP) is 1.50. The van der Waals surface area contributed by atoms with Gasteiger partial charge in [-0.2, -0.15) is 0 Å². The summed E-state index contributed by atoms with van der Waals surface area (Å²) in [7, 11) is 0. The Bertz CT molecular complexity index is 551. The number of ether oxygens (including phenoxy) is 2. The fourth-order valence-corrected chi connectivity index (χ4v) is 2.64. The van der Waals surface area contributed by atoms with Gasteiger partial charge in [-0.1, -0.05) is 23.9 Å². The molecule has 0 aromatic heterocycles. The first-order valence-corrected chi connectivity index (χ1v) is 7.40. The second-order valence-corrected chi connectivity index (χ2v) is 5.49. The Morgan fingerprint density at radius 1 is 1.57 bits per heavy atom. The van der Waals surface area contributed by atoms with Gasteiger partial charge < -0.3 is 14.8 Å². The van der Waals surface area contributed by atoms with Gasteiger partial charge in [0.05, 0.1) is 6.61 Å². The van der Waals surface area contributed by atoms with Crippen molar-refractivity contribution in [1.82, 2.24) is 5.32 Å². The number of esters is 1. The van der Waals surface area contributed by atoms with Crippen LogP contribution >= 0.6 is 11.8 Å². The van der Waals surface area contributed by atoms with Gasteiger partial charge in [-0.3, -0.25) is 10.2 Å². The van der Waals surface area contributed by atoms with Crippen LogP contribution in [-0.2, 0) is 19.1 Å². The van der Waals surface area contributed by atoms with Crippen molar-refractivity contribution >= 4 is 28.8 Å². The number of nitrogens with one attached hydrogen (secondary N) is 2. The minimum Gasteiger partial charge on any atom is -0.482 e. The number of amides is 1. The third-order valence-electron chi connectivity index (χ3n) is 2.77. The molecule has 1 heterocycles. The Balaban J connectivity index is 1.85. The predicted molar refractivity (Wildman–Crippen MR) is 79.8 cm³/mol. The number of hydrogen-bond donors (Lipinski definition) is 2. The van der Waals surface area contributed by atoms with E-state index in [-0.39, 0.29) is 22.9 Å².